The smallest absolute Gasteiger partial charge is 0.318 e. The Morgan fingerprint density at radius 1 is 1.11 bits per heavy atom. The quantitative estimate of drug-likeness (QED) is 0.464. The number of benzene rings is 1. The predicted octanol–water partition coefficient (Wildman–Crippen LogP) is 3.77. The van der Waals surface area contributed by atoms with E-state index in [-0.39, 0.29) is 24.4 Å². The number of aliphatic imine (C=N–C) groups is 1. The molecule has 0 atom stereocenters. The van der Waals surface area contributed by atoms with Crippen LogP contribution in [0.1, 0.15) is 56.6 Å². The van der Waals surface area contributed by atoms with Gasteiger partial charge in [0.05, 0.1) is 5.69 Å². The summed E-state index contributed by atoms with van der Waals surface area (Å²) >= 11 is 1.83. The third-order valence-electron chi connectivity index (χ3n) is 8.32. The molecule has 3 fully saturated rings. The minimum Gasteiger partial charge on any atom is -0.318 e. The molecular weight excluding hydrogens is 474 g/mol. The zero-order valence-electron chi connectivity index (χ0n) is 21.6. The summed E-state index contributed by atoms with van der Waals surface area (Å²) in [4.78, 5) is 45.0. The Labute approximate surface area is 218 Å². The van der Waals surface area contributed by atoms with Crippen molar-refractivity contribution in [2.75, 3.05) is 37.3 Å². The number of urea groups is 1. The third kappa shape index (κ3) is 4.92. The highest BCUT2D eigenvalue weighted by atomic mass is 32.2. The van der Waals surface area contributed by atoms with Gasteiger partial charge < -0.3 is 10.2 Å². The number of hydrogen-bond donors (Lipinski definition) is 1. The fourth-order valence-corrected chi connectivity index (χ4v) is 6.86. The maximum absolute atomic E-state index is 12.9. The number of hydrogen-bond acceptors (Lipinski definition) is 6. The Balaban J connectivity index is 1.11. The predicted molar refractivity (Wildman–Crippen MR) is 143 cm³/mol. The fourth-order valence-electron chi connectivity index (χ4n) is 5.85. The average molecular weight is 512 g/mol. The van der Waals surface area contributed by atoms with Gasteiger partial charge in [0.2, 0.25) is 0 Å². The lowest BCUT2D eigenvalue weighted by molar-refractivity contribution is -0.125. The van der Waals surface area contributed by atoms with Crippen LogP contribution in [0.25, 0.3) is 0 Å². The third-order valence-corrected chi connectivity index (χ3v) is 9.44. The van der Waals surface area contributed by atoms with Crippen molar-refractivity contribution in [2.24, 2.45) is 16.8 Å². The van der Waals surface area contributed by atoms with Gasteiger partial charge in [-0.2, -0.15) is 0 Å². The number of anilines is 1. The van der Waals surface area contributed by atoms with Gasteiger partial charge >= 0.3 is 6.03 Å². The molecule has 0 unspecified atom stereocenters. The number of likely N-dealkylation sites (N-methyl/N-ethyl adjacent to an activating group) is 1. The molecule has 5 rings (SSSR count). The van der Waals surface area contributed by atoms with Gasteiger partial charge in [-0.15, -0.1) is 0 Å². The molecule has 36 heavy (non-hydrogen) atoms. The number of amides is 4. The van der Waals surface area contributed by atoms with Gasteiger partial charge in [-0.3, -0.25) is 18.9 Å². The molecule has 2 saturated heterocycles. The van der Waals surface area contributed by atoms with Gasteiger partial charge in [-0.1, -0.05) is 37.8 Å². The molecule has 194 valence electrons. The summed E-state index contributed by atoms with van der Waals surface area (Å²) < 4.78 is 2.37. The van der Waals surface area contributed by atoms with Crippen LogP contribution in [0.4, 0.5) is 10.5 Å². The summed E-state index contributed by atoms with van der Waals surface area (Å²) in [7, 11) is 1.64. The minimum absolute atomic E-state index is 0.109. The summed E-state index contributed by atoms with van der Waals surface area (Å²) in [6.07, 6.45) is 7.19. The van der Waals surface area contributed by atoms with Crippen LogP contribution in [0.15, 0.2) is 23.2 Å². The number of piperidine rings is 1. The number of nitrogens with one attached hydrogen (secondary N) is 1. The van der Waals surface area contributed by atoms with Crippen LogP contribution in [0, 0.1) is 18.8 Å². The molecule has 3 heterocycles. The van der Waals surface area contributed by atoms with E-state index in [0.29, 0.717) is 11.6 Å². The van der Waals surface area contributed by atoms with Crippen LogP contribution in [-0.4, -0.2) is 70.9 Å². The van der Waals surface area contributed by atoms with E-state index >= 15 is 0 Å². The van der Waals surface area contributed by atoms with Crippen molar-refractivity contribution in [1.82, 2.24) is 14.5 Å². The van der Waals surface area contributed by atoms with E-state index in [1.807, 2.05) is 37.1 Å². The molecule has 3 aliphatic heterocycles. The number of imide groups is 1. The maximum Gasteiger partial charge on any atom is 0.331 e. The lowest BCUT2D eigenvalue weighted by atomic mass is 9.82. The molecule has 0 bridgehead atoms. The standard InChI is InChI=1S/C27H37N5O3S/c1-18-4-6-21(7-5-18)24-28-25(34)27(29-24)11-13-31(14-12-27)36-15-10-20-8-9-22(16-19(20)2)32-23(33)17-30(3)26(32)35/h8-9,16,18,21H,4-7,10-15,17H2,1-3H3,(H,28,29,34). The first-order chi connectivity index (χ1) is 17.3. The monoisotopic (exact) mass is 511 g/mol. The van der Waals surface area contributed by atoms with E-state index in [4.69, 9.17) is 4.99 Å². The van der Waals surface area contributed by atoms with Gasteiger partial charge in [-0.05, 0) is 68.2 Å². The first-order valence-corrected chi connectivity index (χ1v) is 14.2. The van der Waals surface area contributed by atoms with E-state index in [2.05, 4.69) is 16.5 Å². The van der Waals surface area contributed by atoms with Crippen LogP contribution in [0.3, 0.4) is 0 Å². The van der Waals surface area contributed by atoms with E-state index < -0.39 is 5.54 Å². The van der Waals surface area contributed by atoms with Gasteiger partial charge in [0.15, 0.2) is 0 Å². The molecule has 1 saturated carbocycles. The van der Waals surface area contributed by atoms with Crippen molar-refractivity contribution >= 4 is 41.3 Å². The Bertz CT molecular complexity index is 1070. The molecule has 1 aliphatic carbocycles. The molecule has 8 nitrogen and oxygen atoms in total. The second kappa shape index (κ2) is 10.2. The molecule has 9 heteroatoms. The van der Waals surface area contributed by atoms with Crippen molar-refractivity contribution in [3.63, 3.8) is 0 Å². The highest BCUT2D eigenvalue weighted by Crippen LogP contribution is 2.36. The Morgan fingerprint density at radius 2 is 1.83 bits per heavy atom. The zero-order chi connectivity index (χ0) is 25.4. The van der Waals surface area contributed by atoms with Gasteiger partial charge in [0.25, 0.3) is 11.8 Å². The summed E-state index contributed by atoms with van der Waals surface area (Å²) in [5.41, 5.74) is 2.39. The summed E-state index contributed by atoms with van der Waals surface area (Å²) in [6.45, 7) is 6.20. The molecule has 1 N–H and O–H groups in total. The van der Waals surface area contributed by atoms with Crippen molar-refractivity contribution in [3.05, 3.63) is 29.3 Å². The topological polar surface area (TPSA) is 85.3 Å². The van der Waals surface area contributed by atoms with E-state index in [9.17, 15) is 14.4 Å². The highest BCUT2D eigenvalue weighted by Gasteiger charge is 2.47. The molecule has 4 amide bonds. The SMILES string of the molecule is Cc1cc(N2C(=O)CN(C)C2=O)ccc1CCSN1CCC2(CC1)N=C(C1CCC(C)CC1)NC2=O. The first-order valence-electron chi connectivity index (χ1n) is 13.2. The summed E-state index contributed by atoms with van der Waals surface area (Å²) in [6, 6.07) is 5.56. The molecular formula is C27H37N5O3S. The maximum atomic E-state index is 12.9. The normalized spacial score (nSPS) is 26.6. The van der Waals surface area contributed by atoms with Crippen LogP contribution < -0.4 is 10.2 Å². The number of amidine groups is 1. The second-order valence-corrected chi connectivity index (χ2v) is 12.1. The van der Waals surface area contributed by atoms with Gasteiger partial charge in [-0.25, -0.2) is 9.69 Å². The molecule has 0 aromatic heterocycles. The van der Waals surface area contributed by atoms with E-state index in [1.165, 1.54) is 28.2 Å². The van der Waals surface area contributed by atoms with Crippen molar-refractivity contribution < 1.29 is 14.4 Å². The minimum atomic E-state index is -0.555. The van der Waals surface area contributed by atoms with Gasteiger partial charge in [0.1, 0.15) is 17.9 Å². The average Bonchev–Trinajstić information content (AvgIpc) is 3.31. The van der Waals surface area contributed by atoms with Gasteiger partial charge in [0, 0.05) is 31.8 Å². The molecule has 0 radical (unpaired) electrons. The Kier molecular flexibility index (Phi) is 7.14. The van der Waals surface area contributed by atoms with E-state index in [1.54, 1.807) is 7.05 Å². The number of nitrogens with zero attached hydrogens (tertiary/aromatic N) is 4. The molecule has 1 spiro atoms. The number of carbonyl (C=O) groups is 3. The number of carbonyl (C=O) groups excluding carboxylic acids is 3. The number of rotatable bonds is 6. The van der Waals surface area contributed by atoms with Crippen LogP contribution >= 0.6 is 11.9 Å². The fraction of sp³-hybridized carbons (Fsp3) is 0.630. The molecule has 1 aromatic rings. The zero-order valence-corrected chi connectivity index (χ0v) is 22.4. The Hall–Kier alpha value is -2.39. The van der Waals surface area contributed by atoms with Crippen LogP contribution in [0.2, 0.25) is 0 Å². The summed E-state index contributed by atoms with van der Waals surface area (Å²) in [5.74, 6) is 3.03. The van der Waals surface area contributed by atoms with Crippen molar-refractivity contribution in [2.45, 2.75) is 64.3 Å². The van der Waals surface area contributed by atoms with Crippen molar-refractivity contribution in [3.8, 4) is 0 Å². The molecule has 4 aliphatic rings. The first kappa shape index (κ1) is 25.3. The summed E-state index contributed by atoms with van der Waals surface area (Å²) in [5, 5.41) is 3.15. The molecule has 1 aromatic carbocycles. The van der Waals surface area contributed by atoms with Crippen LogP contribution in [0.5, 0.6) is 0 Å². The number of aryl methyl sites for hydroxylation is 2. The highest BCUT2D eigenvalue weighted by molar-refractivity contribution is 7.97. The lowest BCUT2D eigenvalue weighted by Crippen LogP contribution is -2.47. The second-order valence-electron chi connectivity index (χ2n) is 10.9. The lowest BCUT2D eigenvalue weighted by Gasteiger charge is -2.34. The largest absolute Gasteiger partial charge is 0.331 e. The van der Waals surface area contributed by atoms with Crippen LogP contribution in [-0.2, 0) is 16.0 Å². The van der Waals surface area contributed by atoms with E-state index in [0.717, 1.165) is 68.3 Å². The van der Waals surface area contributed by atoms with Crippen molar-refractivity contribution in [1.29, 1.82) is 0 Å². The Morgan fingerprint density at radius 3 is 2.47 bits per heavy atom.